The number of hydrogen-bond donors (Lipinski definition) is 2. The molecule has 0 aromatic heterocycles. The second-order valence-corrected chi connectivity index (χ2v) is 10.2. The van der Waals surface area contributed by atoms with Gasteiger partial charge in [-0.25, -0.2) is 9.59 Å². The first-order valence-electron chi connectivity index (χ1n) is 13.5. The number of amides is 1. The van der Waals surface area contributed by atoms with Crippen LogP contribution in [0.25, 0.3) is 10.8 Å². The van der Waals surface area contributed by atoms with Crippen LogP contribution in [0.15, 0.2) is 97.1 Å². The van der Waals surface area contributed by atoms with Gasteiger partial charge in [-0.2, -0.15) is 0 Å². The van der Waals surface area contributed by atoms with Gasteiger partial charge in [0.15, 0.2) is 0 Å². The second-order valence-electron chi connectivity index (χ2n) is 10.2. The maximum Gasteiger partial charge on any atom is 0.409 e. The van der Waals surface area contributed by atoms with E-state index in [0.717, 1.165) is 12.1 Å². The third kappa shape index (κ3) is 6.82. The molecule has 1 heterocycles. The Kier molecular flexibility index (Phi) is 9.80. The summed E-state index contributed by atoms with van der Waals surface area (Å²) in [5, 5.41) is 15.3. The third-order valence-electron chi connectivity index (χ3n) is 7.72. The largest absolute Gasteiger partial charge is 0.478 e. The van der Waals surface area contributed by atoms with Crippen molar-refractivity contribution in [1.29, 1.82) is 0 Å². The van der Waals surface area contributed by atoms with E-state index in [1.807, 2.05) is 11.0 Å². The van der Waals surface area contributed by atoms with Gasteiger partial charge in [0.05, 0.1) is 12.2 Å². The Labute approximate surface area is 241 Å². The quantitative estimate of drug-likeness (QED) is 0.239. The van der Waals surface area contributed by atoms with Gasteiger partial charge in [0.2, 0.25) is 0 Å². The van der Waals surface area contributed by atoms with E-state index >= 15 is 0 Å². The average molecular weight is 559 g/mol. The number of carboxylic acid groups (broad SMARTS) is 1. The molecule has 4 aromatic rings. The van der Waals surface area contributed by atoms with Crippen LogP contribution in [0, 0.1) is 5.92 Å². The summed E-state index contributed by atoms with van der Waals surface area (Å²) in [4.78, 5) is 25.9. The number of aromatic carboxylic acids is 1. The highest BCUT2D eigenvalue weighted by Gasteiger charge is 2.36. The summed E-state index contributed by atoms with van der Waals surface area (Å²) >= 11 is 0. The summed E-state index contributed by atoms with van der Waals surface area (Å²) in [7, 11) is 0. The maximum absolute atomic E-state index is 13.0. The molecule has 7 heteroatoms. The highest BCUT2D eigenvalue weighted by atomic mass is 35.5. The van der Waals surface area contributed by atoms with Crippen LogP contribution in [0.2, 0.25) is 0 Å². The molecule has 2 N–H and O–H groups in total. The van der Waals surface area contributed by atoms with Crippen molar-refractivity contribution in [2.45, 2.75) is 25.3 Å². The molecule has 1 saturated heterocycles. The third-order valence-corrected chi connectivity index (χ3v) is 7.72. The number of halogens is 1. The Morgan fingerprint density at radius 1 is 0.925 bits per heavy atom. The van der Waals surface area contributed by atoms with Crippen molar-refractivity contribution in [1.82, 2.24) is 10.2 Å². The van der Waals surface area contributed by atoms with Gasteiger partial charge in [0.25, 0.3) is 0 Å². The van der Waals surface area contributed by atoms with Crippen molar-refractivity contribution in [2.75, 3.05) is 26.2 Å². The van der Waals surface area contributed by atoms with Crippen molar-refractivity contribution in [2.24, 2.45) is 5.92 Å². The minimum Gasteiger partial charge on any atom is -0.478 e. The number of fused-ring (bicyclic) bond motifs is 1. The lowest BCUT2D eigenvalue weighted by Gasteiger charge is -2.23. The number of nitrogens with zero attached hydrogens (tertiary/aromatic N) is 1. The van der Waals surface area contributed by atoms with E-state index < -0.39 is 5.97 Å². The smallest absolute Gasteiger partial charge is 0.409 e. The van der Waals surface area contributed by atoms with E-state index in [9.17, 15) is 9.59 Å². The van der Waals surface area contributed by atoms with E-state index in [-0.39, 0.29) is 48.5 Å². The van der Waals surface area contributed by atoms with Crippen LogP contribution in [0.4, 0.5) is 4.79 Å². The van der Waals surface area contributed by atoms with E-state index in [1.165, 1.54) is 21.9 Å². The number of carbonyl (C=O) groups excluding carboxylic acids is 1. The topological polar surface area (TPSA) is 78.9 Å². The normalized spacial score (nSPS) is 17.3. The zero-order valence-electron chi connectivity index (χ0n) is 22.5. The molecule has 0 spiro atoms. The number of ether oxygens (including phenoxy) is 1. The molecule has 5 rings (SSSR count). The molecule has 0 aliphatic carbocycles. The number of likely N-dealkylation sites (tertiary alicyclic amines) is 1. The first kappa shape index (κ1) is 29.1. The van der Waals surface area contributed by atoms with Gasteiger partial charge in [-0.15, -0.1) is 12.4 Å². The van der Waals surface area contributed by atoms with Crippen molar-refractivity contribution >= 4 is 35.2 Å². The molecule has 3 atom stereocenters. The summed E-state index contributed by atoms with van der Waals surface area (Å²) in [6.45, 7) is 4.47. The van der Waals surface area contributed by atoms with Gasteiger partial charge < -0.3 is 20.1 Å². The zero-order chi connectivity index (χ0) is 27.2. The van der Waals surface area contributed by atoms with Crippen LogP contribution >= 0.6 is 12.4 Å². The molecule has 208 valence electrons. The average Bonchev–Trinajstić information content (AvgIpc) is 3.41. The maximum atomic E-state index is 13.0. The summed E-state index contributed by atoms with van der Waals surface area (Å²) in [5.41, 5.74) is 3.68. The van der Waals surface area contributed by atoms with Crippen LogP contribution in [-0.2, 0) is 11.2 Å². The van der Waals surface area contributed by atoms with Crippen molar-refractivity contribution in [3.05, 3.63) is 119 Å². The van der Waals surface area contributed by atoms with Crippen LogP contribution in [0.1, 0.15) is 45.9 Å². The van der Waals surface area contributed by atoms with Gasteiger partial charge in [-0.3, -0.25) is 0 Å². The fourth-order valence-electron chi connectivity index (χ4n) is 5.53. The molecule has 0 radical (unpaired) electrons. The molecule has 1 amide bonds. The van der Waals surface area contributed by atoms with Gasteiger partial charge in [0.1, 0.15) is 0 Å². The van der Waals surface area contributed by atoms with Crippen molar-refractivity contribution in [3.8, 4) is 0 Å². The monoisotopic (exact) mass is 558 g/mol. The Bertz CT molecular complexity index is 1420. The lowest BCUT2D eigenvalue weighted by Crippen LogP contribution is -2.32. The summed E-state index contributed by atoms with van der Waals surface area (Å²) in [6.07, 6.45) is 0.234. The predicted molar refractivity (Wildman–Crippen MR) is 160 cm³/mol. The van der Waals surface area contributed by atoms with E-state index in [0.29, 0.717) is 19.5 Å². The predicted octanol–water partition coefficient (Wildman–Crippen LogP) is 6.71. The van der Waals surface area contributed by atoms with Gasteiger partial charge >= 0.3 is 12.1 Å². The van der Waals surface area contributed by atoms with Gasteiger partial charge in [0, 0.05) is 38.0 Å². The van der Waals surface area contributed by atoms with E-state index in [2.05, 4.69) is 79.0 Å². The standard InChI is InChI=1S/C33H34N2O4.ClH/c1-23(29-13-7-11-25-10-5-6-12-30(25)29)34-20-28-21-35(22-31(28)26-8-3-2-4-9-26)33(38)39-19-18-24-14-16-27(17-15-24)32(36)37;/h2-17,23,28,31,34H,18-22H2,1H3,(H,36,37);1H/t23-,28-,31-;/m1./s1. The highest BCUT2D eigenvalue weighted by molar-refractivity contribution is 5.87. The fourth-order valence-corrected chi connectivity index (χ4v) is 5.53. The SMILES string of the molecule is C[C@@H](NC[C@@H]1CN(C(=O)OCCc2ccc(C(=O)O)cc2)C[C@@H]1c1ccccc1)c1cccc2ccccc12.Cl. The van der Waals surface area contributed by atoms with Crippen molar-refractivity contribution in [3.63, 3.8) is 0 Å². The molecule has 0 bridgehead atoms. The molecule has 1 aliphatic heterocycles. The number of carboxylic acids is 1. The highest BCUT2D eigenvalue weighted by Crippen LogP contribution is 2.33. The Morgan fingerprint density at radius 3 is 2.38 bits per heavy atom. The second kappa shape index (κ2) is 13.5. The molecule has 40 heavy (non-hydrogen) atoms. The Balaban J connectivity index is 0.00000370. The molecule has 1 fully saturated rings. The number of rotatable bonds is 9. The minimum atomic E-state index is -0.953. The summed E-state index contributed by atoms with van der Waals surface area (Å²) in [5.74, 6) is -0.485. The zero-order valence-corrected chi connectivity index (χ0v) is 23.3. The molecular formula is C33H35ClN2O4. The van der Waals surface area contributed by atoms with Gasteiger partial charge in [-0.1, -0.05) is 84.9 Å². The first-order chi connectivity index (χ1) is 19.0. The number of nitrogens with one attached hydrogen (secondary N) is 1. The Hall–Kier alpha value is -3.87. The van der Waals surface area contributed by atoms with Crippen LogP contribution in [0.5, 0.6) is 0 Å². The minimum absolute atomic E-state index is 0. The number of carbonyl (C=O) groups is 2. The lowest BCUT2D eigenvalue weighted by molar-refractivity contribution is 0.0696. The number of hydrogen-bond acceptors (Lipinski definition) is 4. The number of benzene rings is 4. The van der Waals surface area contributed by atoms with Crippen LogP contribution in [-0.4, -0.2) is 48.3 Å². The van der Waals surface area contributed by atoms with E-state index in [1.54, 1.807) is 24.3 Å². The summed E-state index contributed by atoms with van der Waals surface area (Å²) < 4.78 is 5.63. The first-order valence-corrected chi connectivity index (χ1v) is 13.5. The van der Waals surface area contributed by atoms with Gasteiger partial charge in [-0.05, 0) is 52.4 Å². The summed E-state index contributed by atoms with van der Waals surface area (Å²) in [6, 6.07) is 32.1. The molecule has 0 saturated carbocycles. The van der Waals surface area contributed by atoms with E-state index in [4.69, 9.17) is 9.84 Å². The lowest BCUT2D eigenvalue weighted by atomic mass is 9.88. The van der Waals surface area contributed by atoms with Crippen LogP contribution in [0.3, 0.4) is 0 Å². The molecule has 6 nitrogen and oxygen atoms in total. The molecule has 4 aromatic carbocycles. The fraction of sp³-hybridized carbons (Fsp3) is 0.273. The Morgan fingerprint density at radius 2 is 1.62 bits per heavy atom. The molecule has 1 aliphatic rings. The molecular weight excluding hydrogens is 524 g/mol. The molecule has 0 unspecified atom stereocenters. The van der Waals surface area contributed by atoms with Crippen LogP contribution < -0.4 is 5.32 Å². The van der Waals surface area contributed by atoms with Crippen molar-refractivity contribution < 1.29 is 19.4 Å².